The zero-order valence-corrected chi connectivity index (χ0v) is 13.9. The first-order valence-electron chi connectivity index (χ1n) is 8.25. The summed E-state index contributed by atoms with van der Waals surface area (Å²) in [6.45, 7) is 3.14. The van der Waals surface area contributed by atoms with E-state index in [1.807, 2.05) is 36.1 Å². The van der Waals surface area contributed by atoms with Crippen LogP contribution in [0.4, 0.5) is 17.5 Å². The van der Waals surface area contributed by atoms with E-state index in [1.54, 1.807) is 12.4 Å². The normalized spacial score (nSPS) is 17.2. The number of rotatable bonds is 3. The van der Waals surface area contributed by atoms with Crippen molar-refractivity contribution in [3.05, 3.63) is 52.6 Å². The Labute approximate surface area is 144 Å². The molecule has 0 aromatic carbocycles. The Morgan fingerprint density at radius 1 is 1.32 bits per heavy atom. The fourth-order valence-electron chi connectivity index (χ4n) is 3.16. The largest absolute Gasteiger partial charge is 0.391 e. The van der Waals surface area contributed by atoms with Crippen LogP contribution in [0.5, 0.6) is 0 Å². The van der Waals surface area contributed by atoms with Gasteiger partial charge in [0.15, 0.2) is 0 Å². The molecular formula is C18H19N5O2. The van der Waals surface area contributed by atoms with Crippen LogP contribution in [-0.4, -0.2) is 39.3 Å². The number of aliphatic hydroxyl groups excluding tert-OH is 1. The van der Waals surface area contributed by atoms with Gasteiger partial charge in [-0.15, -0.1) is 0 Å². The first-order valence-corrected chi connectivity index (χ1v) is 8.25. The van der Waals surface area contributed by atoms with Gasteiger partial charge in [-0.1, -0.05) is 0 Å². The maximum absolute atomic E-state index is 12.3. The zero-order valence-electron chi connectivity index (χ0n) is 13.9. The van der Waals surface area contributed by atoms with Crippen LogP contribution in [0.2, 0.25) is 0 Å². The van der Waals surface area contributed by atoms with E-state index in [4.69, 9.17) is 0 Å². The van der Waals surface area contributed by atoms with Crippen molar-refractivity contribution in [3.63, 3.8) is 0 Å². The van der Waals surface area contributed by atoms with Gasteiger partial charge >= 0.3 is 0 Å². The van der Waals surface area contributed by atoms with E-state index in [-0.39, 0.29) is 5.56 Å². The molecule has 3 aromatic heterocycles. The second-order valence-corrected chi connectivity index (χ2v) is 6.33. The summed E-state index contributed by atoms with van der Waals surface area (Å²) in [7, 11) is 0. The summed E-state index contributed by atoms with van der Waals surface area (Å²) < 4.78 is 0. The molecule has 4 rings (SSSR count). The highest BCUT2D eigenvalue weighted by atomic mass is 16.3. The Morgan fingerprint density at radius 3 is 2.96 bits per heavy atom. The molecule has 1 fully saturated rings. The number of hydrogen-bond donors (Lipinski definition) is 3. The fourth-order valence-corrected chi connectivity index (χ4v) is 3.16. The number of β-amino-alcohol motifs (C(OH)–C–C–N with tert-alkyl or cyclic N) is 1. The van der Waals surface area contributed by atoms with Gasteiger partial charge in [0.05, 0.1) is 11.5 Å². The quantitative estimate of drug-likeness (QED) is 0.676. The van der Waals surface area contributed by atoms with Crippen LogP contribution in [0.1, 0.15) is 12.0 Å². The first-order chi connectivity index (χ1) is 12.1. The third-order valence-corrected chi connectivity index (χ3v) is 4.37. The number of aromatic amines is 1. The van der Waals surface area contributed by atoms with Crippen LogP contribution in [0.3, 0.4) is 0 Å². The smallest absolute Gasteiger partial charge is 0.259 e. The molecule has 7 nitrogen and oxygen atoms in total. The van der Waals surface area contributed by atoms with Crippen molar-refractivity contribution in [1.29, 1.82) is 0 Å². The molecule has 1 saturated heterocycles. The minimum absolute atomic E-state index is 0.179. The van der Waals surface area contributed by atoms with E-state index in [9.17, 15) is 9.90 Å². The van der Waals surface area contributed by atoms with Crippen molar-refractivity contribution in [2.24, 2.45) is 0 Å². The summed E-state index contributed by atoms with van der Waals surface area (Å²) >= 11 is 0. The number of nitrogens with zero attached hydrogens (tertiary/aromatic N) is 3. The van der Waals surface area contributed by atoms with Gasteiger partial charge in [-0.25, -0.2) is 9.97 Å². The van der Waals surface area contributed by atoms with Gasteiger partial charge in [0.1, 0.15) is 17.5 Å². The maximum Gasteiger partial charge on any atom is 0.259 e. The average Bonchev–Trinajstić information content (AvgIpc) is 3.01. The molecule has 0 aliphatic carbocycles. The van der Waals surface area contributed by atoms with Crippen molar-refractivity contribution >= 4 is 28.2 Å². The monoisotopic (exact) mass is 337 g/mol. The molecule has 0 radical (unpaired) electrons. The Balaban J connectivity index is 1.82. The molecule has 7 heteroatoms. The number of hydrogen-bond acceptors (Lipinski definition) is 6. The van der Waals surface area contributed by atoms with Crippen molar-refractivity contribution < 1.29 is 5.11 Å². The van der Waals surface area contributed by atoms with Crippen molar-refractivity contribution in [2.75, 3.05) is 23.3 Å². The summed E-state index contributed by atoms with van der Waals surface area (Å²) in [4.78, 5) is 25.9. The molecule has 0 bridgehead atoms. The predicted molar refractivity (Wildman–Crippen MR) is 97.5 cm³/mol. The van der Waals surface area contributed by atoms with Crippen molar-refractivity contribution in [3.8, 4) is 0 Å². The van der Waals surface area contributed by atoms with Gasteiger partial charge < -0.3 is 20.3 Å². The number of aliphatic hydroxyl groups is 1. The summed E-state index contributed by atoms with van der Waals surface area (Å²) in [6.07, 6.45) is 3.64. The molecule has 0 amide bonds. The number of fused-ring (bicyclic) bond motifs is 1. The van der Waals surface area contributed by atoms with Crippen LogP contribution >= 0.6 is 0 Å². The van der Waals surface area contributed by atoms with Crippen LogP contribution in [0.25, 0.3) is 10.8 Å². The maximum atomic E-state index is 12.3. The van der Waals surface area contributed by atoms with E-state index >= 15 is 0 Å². The molecule has 1 aliphatic rings. The lowest BCUT2D eigenvalue weighted by molar-refractivity contribution is 0.198. The standard InChI is InChI=1S/C18H19N5O2/c1-11-2-5-19-14(8-11)21-15-9-12-3-6-20-18(25)16(12)17(22-15)23-7-4-13(24)10-23/h2-3,5-6,8-9,13,24H,4,7,10H2,1H3,(H,20,25)(H,19,21,22)/t13-/m1/s1. The van der Waals surface area contributed by atoms with Crippen molar-refractivity contribution in [1.82, 2.24) is 15.0 Å². The van der Waals surface area contributed by atoms with Crippen LogP contribution in [-0.2, 0) is 0 Å². The van der Waals surface area contributed by atoms with E-state index in [0.29, 0.717) is 42.4 Å². The SMILES string of the molecule is Cc1ccnc(Nc2cc3cc[nH]c(=O)c3c(N3CC[C@@H](O)C3)n2)c1. The number of H-pyrrole nitrogens is 1. The fraction of sp³-hybridized carbons (Fsp3) is 0.278. The molecule has 25 heavy (non-hydrogen) atoms. The van der Waals surface area contributed by atoms with E-state index in [2.05, 4.69) is 20.3 Å². The Kier molecular flexibility index (Phi) is 3.85. The van der Waals surface area contributed by atoms with E-state index in [0.717, 1.165) is 10.9 Å². The van der Waals surface area contributed by atoms with E-state index in [1.165, 1.54) is 0 Å². The molecule has 3 N–H and O–H groups in total. The van der Waals surface area contributed by atoms with Gasteiger partial charge in [0.25, 0.3) is 5.56 Å². The van der Waals surface area contributed by atoms with E-state index < -0.39 is 6.10 Å². The topological polar surface area (TPSA) is 94.1 Å². The molecule has 0 saturated carbocycles. The lowest BCUT2D eigenvalue weighted by Gasteiger charge is -2.19. The highest BCUT2D eigenvalue weighted by Crippen LogP contribution is 2.28. The van der Waals surface area contributed by atoms with Gasteiger partial charge in [-0.2, -0.15) is 0 Å². The highest BCUT2D eigenvalue weighted by Gasteiger charge is 2.24. The predicted octanol–water partition coefficient (Wildman–Crippen LogP) is 1.94. The second kappa shape index (κ2) is 6.18. The zero-order chi connectivity index (χ0) is 17.4. The van der Waals surface area contributed by atoms with Gasteiger partial charge in [0.2, 0.25) is 0 Å². The molecule has 0 spiro atoms. The number of aromatic nitrogens is 3. The number of nitrogens with one attached hydrogen (secondary N) is 2. The van der Waals surface area contributed by atoms with Gasteiger partial charge in [0, 0.05) is 25.5 Å². The summed E-state index contributed by atoms with van der Waals surface area (Å²) in [5, 5.41) is 14.4. The Morgan fingerprint density at radius 2 is 2.20 bits per heavy atom. The summed E-state index contributed by atoms with van der Waals surface area (Å²) in [5.41, 5.74) is 0.916. The number of pyridine rings is 3. The van der Waals surface area contributed by atoms with Crippen LogP contribution < -0.4 is 15.8 Å². The Bertz CT molecular complexity index is 985. The molecule has 128 valence electrons. The van der Waals surface area contributed by atoms with Crippen LogP contribution in [0.15, 0.2) is 41.5 Å². The molecule has 4 heterocycles. The minimum atomic E-state index is -0.394. The summed E-state index contributed by atoms with van der Waals surface area (Å²) in [5.74, 6) is 1.91. The number of anilines is 3. The van der Waals surface area contributed by atoms with Crippen LogP contribution in [0, 0.1) is 6.92 Å². The Hall–Kier alpha value is -2.93. The molecule has 0 unspecified atom stereocenters. The third kappa shape index (κ3) is 3.06. The number of aryl methyl sites for hydroxylation is 1. The lowest BCUT2D eigenvalue weighted by atomic mass is 10.2. The first kappa shape index (κ1) is 15.6. The minimum Gasteiger partial charge on any atom is -0.391 e. The van der Waals surface area contributed by atoms with Gasteiger partial charge in [-0.05, 0) is 48.6 Å². The molecule has 1 atom stereocenters. The second-order valence-electron chi connectivity index (χ2n) is 6.33. The third-order valence-electron chi connectivity index (χ3n) is 4.37. The van der Waals surface area contributed by atoms with Gasteiger partial charge in [-0.3, -0.25) is 4.79 Å². The molecule has 1 aliphatic heterocycles. The highest BCUT2D eigenvalue weighted by molar-refractivity contribution is 5.93. The average molecular weight is 337 g/mol. The summed E-state index contributed by atoms with van der Waals surface area (Å²) in [6, 6.07) is 7.55. The molecule has 3 aromatic rings. The lowest BCUT2D eigenvalue weighted by Crippen LogP contribution is -2.24. The van der Waals surface area contributed by atoms with Crippen molar-refractivity contribution in [2.45, 2.75) is 19.4 Å². The molecular weight excluding hydrogens is 318 g/mol.